The van der Waals surface area contributed by atoms with Gasteiger partial charge in [-0.1, -0.05) is 12.1 Å². The number of piperazine rings is 1. The molecule has 1 aromatic carbocycles. The molecule has 3 N–H and O–H groups in total. The summed E-state index contributed by atoms with van der Waals surface area (Å²) in [5, 5.41) is 2.50. The Labute approximate surface area is 93.2 Å². The SMILES string of the molecule is NCc1ccc(N2CCNC(=O)C2=O)cc1. The van der Waals surface area contributed by atoms with Gasteiger partial charge in [0.1, 0.15) is 0 Å². The monoisotopic (exact) mass is 219 g/mol. The Morgan fingerprint density at radius 1 is 1.25 bits per heavy atom. The summed E-state index contributed by atoms with van der Waals surface area (Å²) in [7, 11) is 0. The van der Waals surface area contributed by atoms with Crippen molar-refractivity contribution in [2.24, 2.45) is 5.73 Å². The van der Waals surface area contributed by atoms with E-state index in [1.807, 2.05) is 12.1 Å². The number of anilines is 1. The molecular formula is C11H13N3O2. The van der Waals surface area contributed by atoms with Crippen molar-refractivity contribution in [1.29, 1.82) is 0 Å². The van der Waals surface area contributed by atoms with Gasteiger partial charge in [0.25, 0.3) is 0 Å². The van der Waals surface area contributed by atoms with Crippen molar-refractivity contribution in [2.75, 3.05) is 18.0 Å². The zero-order valence-electron chi connectivity index (χ0n) is 8.77. The van der Waals surface area contributed by atoms with Gasteiger partial charge < -0.3 is 16.0 Å². The predicted molar refractivity (Wildman–Crippen MR) is 59.7 cm³/mol. The Bertz CT molecular complexity index is 414. The van der Waals surface area contributed by atoms with E-state index < -0.39 is 11.8 Å². The number of hydrogen-bond donors (Lipinski definition) is 2. The Balaban J connectivity index is 2.22. The third-order valence-corrected chi connectivity index (χ3v) is 2.54. The zero-order chi connectivity index (χ0) is 11.5. The largest absolute Gasteiger partial charge is 0.346 e. The highest BCUT2D eigenvalue weighted by Gasteiger charge is 2.26. The normalized spacial score (nSPS) is 16.2. The molecular weight excluding hydrogens is 206 g/mol. The van der Waals surface area contributed by atoms with Crippen molar-refractivity contribution >= 4 is 17.5 Å². The minimum atomic E-state index is -0.547. The lowest BCUT2D eigenvalue weighted by Gasteiger charge is -2.26. The average Bonchev–Trinajstić information content (AvgIpc) is 2.33. The van der Waals surface area contributed by atoms with Crippen LogP contribution in [0.5, 0.6) is 0 Å². The average molecular weight is 219 g/mol. The molecule has 1 aliphatic heterocycles. The minimum Gasteiger partial charge on any atom is -0.346 e. The molecule has 1 aliphatic rings. The number of nitrogens with zero attached hydrogens (tertiary/aromatic N) is 1. The number of benzene rings is 1. The quantitative estimate of drug-likeness (QED) is 0.665. The van der Waals surface area contributed by atoms with E-state index >= 15 is 0 Å². The molecule has 1 heterocycles. The van der Waals surface area contributed by atoms with Gasteiger partial charge in [-0.05, 0) is 17.7 Å². The maximum atomic E-state index is 11.6. The van der Waals surface area contributed by atoms with E-state index in [0.717, 1.165) is 11.3 Å². The second-order valence-electron chi connectivity index (χ2n) is 3.58. The number of rotatable bonds is 2. The van der Waals surface area contributed by atoms with Crippen LogP contribution in [0.4, 0.5) is 5.69 Å². The number of carbonyl (C=O) groups is 2. The van der Waals surface area contributed by atoms with Crippen molar-refractivity contribution in [3.8, 4) is 0 Å². The molecule has 2 amide bonds. The van der Waals surface area contributed by atoms with Gasteiger partial charge in [-0.25, -0.2) is 0 Å². The predicted octanol–water partition coefficient (Wildman–Crippen LogP) is -0.392. The molecule has 0 unspecified atom stereocenters. The smallest absolute Gasteiger partial charge is 0.316 e. The number of nitrogens with two attached hydrogens (primary N) is 1. The van der Waals surface area contributed by atoms with E-state index in [9.17, 15) is 9.59 Å². The van der Waals surface area contributed by atoms with E-state index in [1.54, 1.807) is 12.1 Å². The highest BCUT2D eigenvalue weighted by molar-refractivity contribution is 6.41. The van der Waals surface area contributed by atoms with Crippen LogP contribution < -0.4 is 16.0 Å². The number of amides is 2. The van der Waals surface area contributed by atoms with E-state index in [2.05, 4.69) is 5.32 Å². The molecule has 5 heteroatoms. The van der Waals surface area contributed by atoms with Gasteiger partial charge in [-0.3, -0.25) is 9.59 Å². The van der Waals surface area contributed by atoms with Crippen LogP contribution in [0.25, 0.3) is 0 Å². The standard InChI is InChI=1S/C11H13N3O2/c12-7-8-1-3-9(4-2-8)14-6-5-13-10(15)11(14)16/h1-4H,5-7,12H2,(H,13,15). The van der Waals surface area contributed by atoms with Crippen LogP contribution in [0, 0.1) is 0 Å². The molecule has 0 spiro atoms. The highest BCUT2D eigenvalue weighted by atomic mass is 16.2. The molecule has 0 radical (unpaired) electrons. The Morgan fingerprint density at radius 2 is 1.94 bits per heavy atom. The summed E-state index contributed by atoms with van der Waals surface area (Å²) in [6, 6.07) is 7.32. The van der Waals surface area contributed by atoms with Crippen molar-refractivity contribution < 1.29 is 9.59 Å². The van der Waals surface area contributed by atoms with Crippen LogP contribution in [-0.2, 0) is 16.1 Å². The molecule has 0 aromatic heterocycles. The minimum absolute atomic E-state index is 0.467. The Morgan fingerprint density at radius 3 is 2.56 bits per heavy atom. The molecule has 16 heavy (non-hydrogen) atoms. The van der Waals surface area contributed by atoms with Gasteiger partial charge >= 0.3 is 11.8 Å². The second-order valence-corrected chi connectivity index (χ2v) is 3.58. The number of hydrogen-bond acceptors (Lipinski definition) is 3. The van der Waals surface area contributed by atoms with Gasteiger partial charge in [0, 0.05) is 25.3 Å². The summed E-state index contributed by atoms with van der Waals surface area (Å²) < 4.78 is 0. The second kappa shape index (κ2) is 4.32. The van der Waals surface area contributed by atoms with E-state index in [4.69, 9.17) is 5.73 Å². The third kappa shape index (κ3) is 1.90. The van der Waals surface area contributed by atoms with E-state index in [1.165, 1.54) is 4.90 Å². The van der Waals surface area contributed by atoms with Gasteiger partial charge in [-0.2, -0.15) is 0 Å². The Hall–Kier alpha value is -1.88. The zero-order valence-corrected chi connectivity index (χ0v) is 8.77. The van der Waals surface area contributed by atoms with Crippen molar-refractivity contribution in [3.63, 3.8) is 0 Å². The first-order valence-corrected chi connectivity index (χ1v) is 5.11. The van der Waals surface area contributed by atoms with Crippen LogP contribution in [0.15, 0.2) is 24.3 Å². The van der Waals surface area contributed by atoms with E-state index in [0.29, 0.717) is 19.6 Å². The first-order chi connectivity index (χ1) is 7.72. The molecule has 2 rings (SSSR count). The lowest BCUT2D eigenvalue weighted by Crippen LogP contribution is -2.52. The molecule has 0 aliphatic carbocycles. The molecule has 0 atom stereocenters. The summed E-state index contributed by atoms with van der Waals surface area (Å²) in [5.74, 6) is -1.05. The van der Waals surface area contributed by atoms with Gasteiger partial charge in [0.05, 0.1) is 0 Å². The van der Waals surface area contributed by atoms with Crippen molar-refractivity contribution in [3.05, 3.63) is 29.8 Å². The summed E-state index contributed by atoms with van der Waals surface area (Å²) >= 11 is 0. The molecule has 1 aromatic rings. The lowest BCUT2D eigenvalue weighted by atomic mass is 10.2. The molecule has 1 saturated heterocycles. The first-order valence-electron chi connectivity index (χ1n) is 5.11. The fraction of sp³-hybridized carbons (Fsp3) is 0.273. The molecule has 5 nitrogen and oxygen atoms in total. The van der Waals surface area contributed by atoms with Gasteiger partial charge in [-0.15, -0.1) is 0 Å². The number of nitrogens with one attached hydrogen (secondary N) is 1. The molecule has 84 valence electrons. The van der Waals surface area contributed by atoms with Crippen molar-refractivity contribution in [1.82, 2.24) is 5.32 Å². The van der Waals surface area contributed by atoms with Crippen molar-refractivity contribution in [2.45, 2.75) is 6.54 Å². The van der Waals surface area contributed by atoms with Crippen LogP contribution >= 0.6 is 0 Å². The topological polar surface area (TPSA) is 75.4 Å². The van der Waals surface area contributed by atoms with Gasteiger partial charge in [0.15, 0.2) is 0 Å². The third-order valence-electron chi connectivity index (χ3n) is 2.54. The van der Waals surface area contributed by atoms with Crippen LogP contribution in [-0.4, -0.2) is 24.9 Å². The maximum Gasteiger partial charge on any atom is 0.316 e. The summed E-state index contributed by atoms with van der Waals surface area (Å²) in [6.45, 7) is 1.46. The Kier molecular flexibility index (Phi) is 2.87. The van der Waals surface area contributed by atoms with Crippen LogP contribution in [0.2, 0.25) is 0 Å². The molecule has 0 bridgehead atoms. The summed E-state index contributed by atoms with van der Waals surface area (Å²) in [6.07, 6.45) is 0. The summed E-state index contributed by atoms with van der Waals surface area (Å²) in [4.78, 5) is 24.2. The maximum absolute atomic E-state index is 11.6. The summed E-state index contributed by atoms with van der Waals surface area (Å²) in [5.41, 5.74) is 7.21. The van der Waals surface area contributed by atoms with E-state index in [-0.39, 0.29) is 0 Å². The number of carbonyl (C=O) groups excluding carboxylic acids is 2. The molecule has 1 fully saturated rings. The van der Waals surface area contributed by atoms with Gasteiger partial charge in [0.2, 0.25) is 0 Å². The fourth-order valence-electron chi connectivity index (χ4n) is 1.64. The first kappa shape index (κ1) is 10.6. The highest BCUT2D eigenvalue weighted by Crippen LogP contribution is 2.16. The van der Waals surface area contributed by atoms with Crippen LogP contribution in [0.3, 0.4) is 0 Å². The fourth-order valence-corrected chi connectivity index (χ4v) is 1.64. The lowest BCUT2D eigenvalue weighted by molar-refractivity contribution is -0.138. The van der Waals surface area contributed by atoms with Crippen LogP contribution in [0.1, 0.15) is 5.56 Å². The molecule has 0 saturated carbocycles.